The van der Waals surface area contributed by atoms with Crippen molar-refractivity contribution in [2.24, 2.45) is 5.73 Å². The number of hydrogen-bond donors (Lipinski definition) is 1. The van der Waals surface area contributed by atoms with E-state index in [4.69, 9.17) is 5.73 Å². The Morgan fingerprint density at radius 2 is 1.73 bits per heavy atom. The Bertz CT molecular complexity index is 608. The van der Waals surface area contributed by atoms with E-state index in [9.17, 15) is 13.6 Å². The summed E-state index contributed by atoms with van der Waals surface area (Å²) in [5.41, 5.74) is 6.75. The summed E-state index contributed by atoms with van der Waals surface area (Å²) in [6.07, 6.45) is 3.21. The predicted octanol–water partition coefficient (Wildman–Crippen LogP) is 0.876. The van der Waals surface area contributed by atoms with Crippen LogP contribution in [0.4, 0.5) is 14.7 Å². The third-order valence-corrected chi connectivity index (χ3v) is 5.24. The van der Waals surface area contributed by atoms with Crippen molar-refractivity contribution in [2.75, 3.05) is 50.7 Å². The minimum absolute atomic E-state index is 0.0822. The highest BCUT2D eigenvalue weighted by Gasteiger charge is 2.36. The second kappa shape index (κ2) is 7.79. The van der Waals surface area contributed by atoms with Crippen LogP contribution in [0.25, 0.3) is 0 Å². The molecule has 2 aliphatic rings. The number of likely N-dealkylation sites (tertiary alicyclic amines) is 1. The lowest BCUT2D eigenvalue weighted by Gasteiger charge is -2.37. The van der Waals surface area contributed by atoms with Gasteiger partial charge in [-0.3, -0.25) is 9.69 Å². The molecular formula is C17H26F2N6O. The molecule has 0 aromatic carbocycles. The van der Waals surface area contributed by atoms with Crippen LogP contribution in [0.1, 0.15) is 31.4 Å². The molecule has 2 aliphatic heterocycles. The van der Waals surface area contributed by atoms with Crippen molar-refractivity contribution >= 4 is 11.9 Å². The van der Waals surface area contributed by atoms with Crippen LogP contribution in [0.2, 0.25) is 0 Å². The molecule has 144 valence electrons. The number of anilines is 1. The van der Waals surface area contributed by atoms with Crippen LogP contribution in [0.15, 0.2) is 12.4 Å². The number of carbonyl (C=O) groups excluding carboxylic acids is 1. The molecule has 9 heteroatoms. The molecule has 3 rings (SSSR count). The molecule has 0 spiro atoms. The lowest BCUT2D eigenvalue weighted by molar-refractivity contribution is -0.129. The Hall–Kier alpha value is -1.87. The number of aromatic nitrogens is 2. The van der Waals surface area contributed by atoms with E-state index in [1.54, 1.807) is 24.2 Å². The molecular weight excluding hydrogens is 342 g/mol. The zero-order chi connectivity index (χ0) is 18.7. The maximum atomic E-state index is 13.4. The van der Waals surface area contributed by atoms with Gasteiger partial charge in [-0.2, -0.15) is 0 Å². The predicted molar refractivity (Wildman–Crippen MR) is 94.0 cm³/mol. The molecule has 2 fully saturated rings. The maximum Gasteiger partial charge on any atom is 0.250 e. The van der Waals surface area contributed by atoms with Crippen molar-refractivity contribution < 1.29 is 13.6 Å². The highest BCUT2D eigenvalue weighted by atomic mass is 19.3. The molecule has 1 unspecified atom stereocenters. The highest BCUT2D eigenvalue weighted by Crippen LogP contribution is 2.32. The molecule has 2 N–H and O–H groups in total. The molecule has 1 aromatic rings. The number of nitrogens with zero attached hydrogens (tertiary/aromatic N) is 5. The molecule has 0 saturated carbocycles. The van der Waals surface area contributed by atoms with Crippen molar-refractivity contribution in [1.82, 2.24) is 19.8 Å². The molecule has 2 saturated heterocycles. The maximum absolute atomic E-state index is 13.4. The highest BCUT2D eigenvalue weighted by molar-refractivity contribution is 5.73. The first kappa shape index (κ1) is 18.9. The second-order valence-corrected chi connectivity index (χ2v) is 6.95. The summed E-state index contributed by atoms with van der Waals surface area (Å²) >= 11 is 0. The van der Waals surface area contributed by atoms with Gasteiger partial charge in [0.05, 0.1) is 6.04 Å². The molecule has 7 nitrogen and oxygen atoms in total. The van der Waals surface area contributed by atoms with Gasteiger partial charge in [0.2, 0.25) is 11.9 Å². The average molecular weight is 368 g/mol. The van der Waals surface area contributed by atoms with E-state index in [0.717, 1.165) is 5.56 Å². The fourth-order valence-corrected chi connectivity index (χ4v) is 3.55. The molecule has 3 heterocycles. The number of amides is 1. The van der Waals surface area contributed by atoms with Gasteiger partial charge in [-0.15, -0.1) is 0 Å². The first-order valence-corrected chi connectivity index (χ1v) is 9.04. The standard InChI is InChI=1S/C17H26F2N6O/c1-13(26)23-6-8-25(9-7-23)16-21-11-14(12-22-16)15(10-20)24-4-2-17(18,19)3-5-24/h11-12,15H,2-10,20H2,1H3. The van der Waals surface area contributed by atoms with Gasteiger partial charge in [-0.05, 0) is 0 Å². The van der Waals surface area contributed by atoms with Gasteiger partial charge in [0, 0.05) is 83.5 Å². The van der Waals surface area contributed by atoms with Gasteiger partial charge < -0.3 is 15.5 Å². The zero-order valence-corrected chi connectivity index (χ0v) is 15.1. The Morgan fingerprint density at radius 3 is 2.23 bits per heavy atom. The van der Waals surface area contributed by atoms with E-state index in [-0.39, 0.29) is 24.8 Å². The Morgan fingerprint density at radius 1 is 1.15 bits per heavy atom. The molecule has 1 amide bonds. The van der Waals surface area contributed by atoms with Crippen LogP contribution in [0.3, 0.4) is 0 Å². The molecule has 0 bridgehead atoms. The minimum Gasteiger partial charge on any atom is -0.339 e. The number of piperidine rings is 1. The summed E-state index contributed by atoms with van der Waals surface area (Å²) in [5, 5.41) is 0. The van der Waals surface area contributed by atoms with E-state index in [0.29, 0.717) is 51.8 Å². The Labute approximate surface area is 152 Å². The largest absolute Gasteiger partial charge is 0.339 e. The van der Waals surface area contributed by atoms with Crippen LogP contribution < -0.4 is 10.6 Å². The molecule has 0 radical (unpaired) electrons. The minimum atomic E-state index is -2.57. The second-order valence-electron chi connectivity index (χ2n) is 6.95. The molecule has 0 aliphatic carbocycles. The number of hydrogen-bond acceptors (Lipinski definition) is 6. The first-order valence-electron chi connectivity index (χ1n) is 9.04. The van der Waals surface area contributed by atoms with E-state index in [1.807, 2.05) is 9.80 Å². The average Bonchev–Trinajstić information content (AvgIpc) is 2.64. The number of alkyl halides is 2. The number of carbonyl (C=O) groups is 1. The van der Waals surface area contributed by atoms with Gasteiger partial charge >= 0.3 is 0 Å². The SMILES string of the molecule is CC(=O)N1CCN(c2ncc(C(CN)N3CCC(F)(F)CC3)cn2)CC1. The normalized spacial score (nSPS) is 22.3. The van der Waals surface area contributed by atoms with Crippen LogP contribution in [0.5, 0.6) is 0 Å². The number of piperazine rings is 1. The summed E-state index contributed by atoms with van der Waals surface area (Å²) in [6.45, 7) is 5.27. The van der Waals surface area contributed by atoms with Gasteiger partial charge in [0.25, 0.3) is 5.92 Å². The summed E-state index contributed by atoms with van der Waals surface area (Å²) in [7, 11) is 0. The van der Waals surface area contributed by atoms with Crippen LogP contribution in [-0.2, 0) is 4.79 Å². The van der Waals surface area contributed by atoms with Gasteiger partial charge in [-0.25, -0.2) is 18.7 Å². The number of rotatable bonds is 4. The molecule has 26 heavy (non-hydrogen) atoms. The lowest BCUT2D eigenvalue weighted by Crippen LogP contribution is -2.48. The Kier molecular flexibility index (Phi) is 5.67. The van der Waals surface area contributed by atoms with Gasteiger partial charge in [0.1, 0.15) is 0 Å². The number of halogens is 2. The summed E-state index contributed by atoms with van der Waals surface area (Å²) in [5.74, 6) is -1.87. The van der Waals surface area contributed by atoms with Crippen LogP contribution >= 0.6 is 0 Å². The quantitative estimate of drug-likeness (QED) is 0.850. The van der Waals surface area contributed by atoms with Gasteiger partial charge in [-0.1, -0.05) is 0 Å². The van der Waals surface area contributed by atoms with Crippen LogP contribution in [-0.4, -0.2) is 77.4 Å². The lowest BCUT2D eigenvalue weighted by atomic mass is 10.0. The van der Waals surface area contributed by atoms with Crippen molar-refractivity contribution in [3.8, 4) is 0 Å². The van der Waals surface area contributed by atoms with E-state index in [1.165, 1.54) is 0 Å². The van der Waals surface area contributed by atoms with Crippen molar-refractivity contribution in [1.29, 1.82) is 0 Å². The summed E-state index contributed by atoms with van der Waals surface area (Å²) < 4.78 is 26.7. The third-order valence-electron chi connectivity index (χ3n) is 5.24. The summed E-state index contributed by atoms with van der Waals surface area (Å²) in [6, 6.07) is -0.144. The Balaban J connectivity index is 1.62. The molecule has 1 aromatic heterocycles. The van der Waals surface area contributed by atoms with E-state index >= 15 is 0 Å². The van der Waals surface area contributed by atoms with E-state index in [2.05, 4.69) is 9.97 Å². The number of nitrogens with two attached hydrogens (primary N) is 1. The smallest absolute Gasteiger partial charge is 0.250 e. The van der Waals surface area contributed by atoms with Crippen LogP contribution in [0, 0.1) is 0 Å². The first-order chi connectivity index (χ1) is 12.4. The van der Waals surface area contributed by atoms with Crippen molar-refractivity contribution in [2.45, 2.75) is 31.7 Å². The zero-order valence-electron chi connectivity index (χ0n) is 15.1. The van der Waals surface area contributed by atoms with E-state index < -0.39 is 5.92 Å². The topological polar surface area (TPSA) is 78.6 Å². The van der Waals surface area contributed by atoms with Crippen molar-refractivity contribution in [3.05, 3.63) is 18.0 Å². The van der Waals surface area contributed by atoms with Crippen molar-refractivity contribution in [3.63, 3.8) is 0 Å². The monoisotopic (exact) mass is 368 g/mol. The fraction of sp³-hybridized carbons (Fsp3) is 0.706. The summed E-state index contributed by atoms with van der Waals surface area (Å²) in [4.78, 5) is 26.1. The molecule has 1 atom stereocenters. The van der Waals surface area contributed by atoms with Gasteiger partial charge in [0.15, 0.2) is 0 Å². The fourth-order valence-electron chi connectivity index (χ4n) is 3.55. The third kappa shape index (κ3) is 4.27.